The number of hydrogen-bond donors (Lipinski definition) is 0. The molecular formula is C25H21O3. The van der Waals surface area contributed by atoms with Crippen LogP contribution in [0.25, 0.3) is 0 Å². The van der Waals surface area contributed by atoms with E-state index in [4.69, 9.17) is 14.2 Å². The van der Waals surface area contributed by atoms with Crippen LogP contribution in [0.15, 0.2) is 116 Å². The van der Waals surface area contributed by atoms with Gasteiger partial charge in [0.15, 0.2) is 0 Å². The van der Waals surface area contributed by atoms with Gasteiger partial charge in [0, 0.05) is 6.42 Å². The number of allylic oxidation sites excluding steroid dienone is 3. The van der Waals surface area contributed by atoms with Crippen molar-refractivity contribution in [3.8, 4) is 28.7 Å². The third-order valence-corrected chi connectivity index (χ3v) is 3.66. The molecule has 0 bridgehead atoms. The highest BCUT2D eigenvalue weighted by atomic mass is 16.5. The summed E-state index contributed by atoms with van der Waals surface area (Å²) in [4.78, 5) is 0. The standard InChI is InChI=1S/C25H21O3/c1-3-8-20(9-4-2)26-22-12-16-24(17-13-22)28-25-18-14-23(15-19-25)27-21-10-6-5-7-11-21/h3-19H,1-2H2/b20-8+. The van der Waals surface area contributed by atoms with E-state index in [1.54, 1.807) is 24.6 Å². The van der Waals surface area contributed by atoms with Crippen molar-refractivity contribution in [3.05, 3.63) is 122 Å². The fourth-order valence-corrected chi connectivity index (χ4v) is 2.40. The normalized spacial score (nSPS) is 10.8. The summed E-state index contributed by atoms with van der Waals surface area (Å²) >= 11 is 0. The SMILES string of the molecule is C=C[CH]/C(=C\C=C)Oc1ccc(Oc2ccc(Oc3ccccc3)cc2)cc1. The average Bonchev–Trinajstić information content (AvgIpc) is 2.72. The van der Waals surface area contributed by atoms with E-state index in [9.17, 15) is 0 Å². The van der Waals surface area contributed by atoms with Crippen LogP contribution in [0.4, 0.5) is 0 Å². The van der Waals surface area contributed by atoms with Gasteiger partial charge in [-0.15, -0.1) is 6.58 Å². The average molecular weight is 369 g/mol. The molecule has 0 amide bonds. The molecular weight excluding hydrogens is 348 g/mol. The second-order valence-corrected chi connectivity index (χ2v) is 5.77. The first-order valence-electron chi connectivity index (χ1n) is 8.84. The first-order valence-corrected chi connectivity index (χ1v) is 8.84. The Morgan fingerprint density at radius 2 is 1.04 bits per heavy atom. The molecule has 0 aromatic heterocycles. The molecule has 3 aromatic rings. The lowest BCUT2D eigenvalue weighted by atomic mass is 10.3. The highest BCUT2D eigenvalue weighted by molar-refractivity contribution is 5.39. The predicted molar refractivity (Wildman–Crippen MR) is 113 cm³/mol. The number of rotatable bonds is 9. The van der Waals surface area contributed by atoms with Crippen LogP contribution < -0.4 is 14.2 Å². The van der Waals surface area contributed by atoms with E-state index in [0.29, 0.717) is 17.3 Å². The number of benzene rings is 3. The zero-order chi connectivity index (χ0) is 19.6. The summed E-state index contributed by atoms with van der Waals surface area (Å²) in [7, 11) is 0. The van der Waals surface area contributed by atoms with E-state index < -0.39 is 0 Å². The molecule has 3 aromatic carbocycles. The topological polar surface area (TPSA) is 27.7 Å². The van der Waals surface area contributed by atoms with Crippen LogP contribution in [0, 0.1) is 6.42 Å². The molecule has 0 aliphatic heterocycles. The van der Waals surface area contributed by atoms with Crippen LogP contribution in [0.2, 0.25) is 0 Å². The molecule has 28 heavy (non-hydrogen) atoms. The van der Waals surface area contributed by atoms with Crippen molar-refractivity contribution in [1.29, 1.82) is 0 Å². The van der Waals surface area contributed by atoms with Gasteiger partial charge in [0.25, 0.3) is 0 Å². The Labute approximate surface area is 165 Å². The van der Waals surface area contributed by atoms with Crippen molar-refractivity contribution in [1.82, 2.24) is 0 Å². The third kappa shape index (κ3) is 5.64. The van der Waals surface area contributed by atoms with E-state index >= 15 is 0 Å². The van der Waals surface area contributed by atoms with Crippen LogP contribution in [-0.4, -0.2) is 0 Å². The first kappa shape index (κ1) is 19.1. The summed E-state index contributed by atoms with van der Waals surface area (Å²) in [6.07, 6.45) is 6.87. The molecule has 1 radical (unpaired) electrons. The predicted octanol–water partition coefficient (Wildman–Crippen LogP) is 7.11. The van der Waals surface area contributed by atoms with Crippen molar-refractivity contribution in [3.63, 3.8) is 0 Å². The van der Waals surface area contributed by atoms with Gasteiger partial charge in [-0.05, 0) is 66.7 Å². The molecule has 0 spiro atoms. The smallest absolute Gasteiger partial charge is 0.127 e. The van der Waals surface area contributed by atoms with Crippen LogP contribution >= 0.6 is 0 Å². The van der Waals surface area contributed by atoms with Crippen molar-refractivity contribution in [2.75, 3.05) is 0 Å². The molecule has 0 aliphatic carbocycles. The molecule has 0 saturated heterocycles. The highest BCUT2D eigenvalue weighted by Gasteiger charge is 2.03. The quantitative estimate of drug-likeness (QED) is 0.297. The summed E-state index contributed by atoms with van der Waals surface area (Å²) in [6.45, 7) is 7.35. The zero-order valence-electron chi connectivity index (χ0n) is 15.5. The number of ether oxygens (including phenoxy) is 3. The fraction of sp³-hybridized carbons (Fsp3) is 0. The van der Waals surface area contributed by atoms with Gasteiger partial charge in [-0.25, -0.2) is 0 Å². The lowest BCUT2D eigenvalue weighted by Crippen LogP contribution is -1.94. The van der Waals surface area contributed by atoms with Gasteiger partial charge >= 0.3 is 0 Å². The molecule has 0 saturated carbocycles. The Morgan fingerprint density at radius 3 is 1.50 bits per heavy atom. The Balaban J connectivity index is 1.60. The van der Waals surface area contributed by atoms with Gasteiger partial charge in [0.05, 0.1) is 0 Å². The largest absolute Gasteiger partial charge is 0.461 e. The van der Waals surface area contributed by atoms with Gasteiger partial charge in [0.1, 0.15) is 34.5 Å². The molecule has 0 N–H and O–H groups in total. The number of para-hydroxylation sites is 1. The molecule has 3 heteroatoms. The summed E-state index contributed by atoms with van der Waals surface area (Å²) in [6, 6.07) is 24.5. The molecule has 0 unspecified atom stereocenters. The molecule has 0 aliphatic rings. The summed E-state index contributed by atoms with van der Waals surface area (Å²) in [5.41, 5.74) is 0. The minimum absolute atomic E-state index is 0.660. The lowest BCUT2D eigenvalue weighted by molar-refractivity contribution is 0.434. The first-order chi connectivity index (χ1) is 13.8. The van der Waals surface area contributed by atoms with E-state index in [1.165, 1.54) is 0 Å². The van der Waals surface area contributed by atoms with Crippen molar-refractivity contribution in [2.45, 2.75) is 0 Å². The zero-order valence-corrected chi connectivity index (χ0v) is 15.5. The minimum Gasteiger partial charge on any atom is -0.461 e. The summed E-state index contributed by atoms with van der Waals surface area (Å²) in [5, 5.41) is 0. The van der Waals surface area contributed by atoms with Gasteiger partial charge in [-0.2, -0.15) is 0 Å². The lowest BCUT2D eigenvalue weighted by Gasteiger charge is -2.10. The highest BCUT2D eigenvalue weighted by Crippen LogP contribution is 2.28. The summed E-state index contributed by atoms with van der Waals surface area (Å²) < 4.78 is 17.4. The second-order valence-electron chi connectivity index (χ2n) is 5.77. The Morgan fingerprint density at radius 1 is 0.571 bits per heavy atom. The Kier molecular flexibility index (Phi) is 6.69. The molecule has 139 valence electrons. The van der Waals surface area contributed by atoms with E-state index in [-0.39, 0.29) is 0 Å². The van der Waals surface area contributed by atoms with Crippen molar-refractivity contribution < 1.29 is 14.2 Å². The van der Waals surface area contributed by atoms with Crippen LogP contribution in [-0.2, 0) is 0 Å². The van der Waals surface area contributed by atoms with Gasteiger partial charge in [-0.1, -0.05) is 36.9 Å². The van der Waals surface area contributed by atoms with Crippen LogP contribution in [0.3, 0.4) is 0 Å². The molecule has 3 rings (SSSR count). The minimum atomic E-state index is 0.660. The molecule has 3 nitrogen and oxygen atoms in total. The molecule has 0 fully saturated rings. The van der Waals surface area contributed by atoms with Crippen molar-refractivity contribution in [2.24, 2.45) is 0 Å². The maximum atomic E-state index is 5.87. The Hall–Kier alpha value is -3.72. The fourth-order valence-electron chi connectivity index (χ4n) is 2.40. The van der Waals surface area contributed by atoms with Gasteiger partial charge < -0.3 is 14.2 Å². The van der Waals surface area contributed by atoms with E-state index in [0.717, 1.165) is 17.2 Å². The number of hydrogen-bond acceptors (Lipinski definition) is 3. The van der Waals surface area contributed by atoms with Crippen LogP contribution in [0.5, 0.6) is 28.7 Å². The van der Waals surface area contributed by atoms with E-state index in [1.807, 2.05) is 78.9 Å². The summed E-state index contributed by atoms with van der Waals surface area (Å²) in [5.74, 6) is 4.35. The third-order valence-electron chi connectivity index (χ3n) is 3.66. The van der Waals surface area contributed by atoms with Gasteiger partial charge in [0.2, 0.25) is 0 Å². The Bertz CT molecular complexity index is 924. The molecule has 0 heterocycles. The maximum Gasteiger partial charge on any atom is 0.127 e. The van der Waals surface area contributed by atoms with Crippen molar-refractivity contribution >= 4 is 0 Å². The maximum absolute atomic E-state index is 5.87. The van der Waals surface area contributed by atoms with Gasteiger partial charge in [-0.3, -0.25) is 0 Å². The van der Waals surface area contributed by atoms with E-state index in [2.05, 4.69) is 13.2 Å². The second kappa shape index (κ2) is 9.83. The van der Waals surface area contributed by atoms with Crippen LogP contribution in [0.1, 0.15) is 0 Å². The molecule has 0 atom stereocenters. The monoisotopic (exact) mass is 369 g/mol.